The van der Waals surface area contributed by atoms with E-state index in [1.807, 2.05) is 0 Å². The molecule has 0 bridgehead atoms. The molecule has 0 unspecified atom stereocenters. The molecule has 2 heterocycles. The van der Waals surface area contributed by atoms with Gasteiger partial charge in [-0.15, -0.1) is 0 Å². The Labute approximate surface area is 84.4 Å². The monoisotopic (exact) mass is 205 g/mol. The summed E-state index contributed by atoms with van der Waals surface area (Å²) in [6.07, 6.45) is 4.96. The van der Waals surface area contributed by atoms with Gasteiger partial charge in [-0.3, -0.25) is 15.2 Å². The molecular formula is C9H7N3O3. The molecule has 0 amide bonds. The number of H-pyrrole nitrogens is 1. The molecule has 0 aliphatic heterocycles. The molecule has 1 N–H and O–H groups in total. The molecule has 0 spiro atoms. The Balaban J connectivity index is 2.14. The van der Waals surface area contributed by atoms with E-state index in [1.165, 1.54) is 12.1 Å². The van der Waals surface area contributed by atoms with E-state index in [0.29, 0.717) is 5.76 Å². The van der Waals surface area contributed by atoms with Crippen LogP contribution in [0.25, 0.3) is 12.2 Å². The Morgan fingerprint density at radius 3 is 2.87 bits per heavy atom. The fourth-order valence-electron chi connectivity index (χ4n) is 1.06. The van der Waals surface area contributed by atoms with E-state index in [-0.39, 0.29) is 5.88 Å². The lowest BCUT2D eigenvalue weighted by Crippen LogP contribution is -1.82. The van der Waals surface area contributed by atoms with Crippen LogP contribution in [0.4, 0.5) is 5.88 Å². The van der Waals surface area contributed by atoms with E-state index in [4.69, 9.17) is 4.42 Å². The molecule has 0 aliphatic rings. The molecule has 2 aromatic heterocycles. The highest BCUT2D eigenvalue weighted by atomic mass is 16.6. The van der Waals surface area contributed by atoms with Crippen molar-refractivity contribution in [1.29, 1.82) is 0 Å². The molecule has 0 saturated carbocycles. The summed E-state index contributed by atoms with van der Waals surface area (Å²) in [6.45, 7) is 0. The second-order valence-electron chi connectivity index (χ2n) is 2.78. The average Bonchev–Trinajstić information content (AvgIpc) is 2.86. The van der Waals surface area contributed by atoms with Gasteiger partial charge in [0.05, 0.1) is 11.8 Å². The van der Waals surface area contributed by atoms with Crippen LogP contribution in [0.3, 0.4) is 0 Å². The van der Waals surface area contributed by atoms with Crippen molar-refractivity contribution in [3.05, 3.63) is 46.0 Å². The Morgan fingerprint density at radius 1 is 1.40 bits per heavy atom. The van der Waals surface area contributed by atoms with E-state index in [2.05, 4.69) is 10.2 Å². The second kappa shape index (κ2) is 3.79. The molecule has 76 valence electrons. The van der Waals surface area contributed by atoms with Gasteiger partial charge in [-0.1, -0.05) is 0 Å². The van der Waals surface area contributed by atoms with E-state index in [0.717, 1.165) is 5.69 Å². The van der Waals surface area contributed by atoms with Crippen LogP contribution in [-0.4, -0.2) is 15.1 Å². The quantitative estimate of drug-likeness (QED) is 0.614. The molecular weight excluding hydrogens is 198 g/mol. The van der Waals surface area contributed by atoms with E-state index in [9.17, 15) is 10.1 Å². The number of furan rings is 1. The van der Waals surface area contributed by atoms with Gasteiger partial charge in [0.15, 0.2) is 0 Å². The van der Waals surface area contributed by atoms with Crippen molar-refractivity contribution in [1.82, 2.24) is 10.2 Å². The number of nitrogens with zero attached hydrogens (tertiary/aromatic N) is 2. The third-order valence-corrected chi connectivity index (χ3v) is 1.74. The highest BCUT2D eigenvalue weighted by molar-refractivity contribution is 5.65. The minimum atomic E-state index is -0.576. The number of rotatable bonds is 3. The van der Waals surface area contributed by atoms with Crippen LogP contribution in [0.2, 0.25) is 0 Å². The molecule has 2 rings (SSSR count). The Morgan fingerprint density at radius 2 is 2.27 bits per heavy atom. The van der Waals surface area contributed by atoms with Crippen LogP contribution in [0.1, 0.15) is 11.5 Å². The highest BCUT2D eigenvalue weighted by Gasteiger charge is 2.09. The zero-order valence-corrected chi connectivity index (χ0v) is 7.58. The number of aromatic nitrogens is 2. The first-order valence-corrected chi connectivity index (χ1v) is 4.17. The number of nitro groups is 1. The van der Waals surface area contributed by atoms with Gasteiger partial charge < -0.3 is 4.42 Å². The maximum absolute atomic E-state index is 10.3. The molecule has 0 fully saturated rings. The lowest BCUT2D eigenvalue weighted by Gasteiger charge is -1.84. The van der Waals surface area contributed by atoms with Gasteiger partial charge in [-0.25, -0.2) is 0 Å². The van der Waals surface area contributed by atoms with Crippen LogP contribution < -0.4 is 0 Å². The van der Waals surface area contributed by atoms with E-state index < -0.39 is 4.92 Å². The number of hydrogen-bond acceptors (Lipinski definition) is 4. The number of nitrogens with one attached hydrogen (secondary N) is 1. The molecule has 0 saturated heterocycles. The summed E-state index contributed by atoms with van der Waals surface area (Å²) < 4.78 is 4.92. The van der Waals surface area contributed by atoms with Crippen LogP contribution in [-0.2, 0) is 0 Å². The SMILES string of the molecule is O=[N+]([O-])c1ccc(C=Cc2ccn[nH]2)o1. The normalized spacial score (nSPS) is 10.9. The van der Waals surface area contributed by atoms with Crippen LogP contribution in [0.15, 0.2) is 28.8 Å². The summed E-state index contributed by atoms with van der Waals surface area (Å²) in [7, 11) is 0. The zero-order valence-electron chi connectivity index (χ0n) is 7.58. The summed E-state index contributed by atoms with van der Waals surface area (Å²) >= 11 is 0. The predicted molar refractivity (Wildman–Crippen MR) is 52.9 cm³/mol. The summed E-state index contributed by atoms with van der Waals surface area (Å²) in [5.74, 6) is 0.163. The molecule has 2 aromatic rings. The van der Waals surface area contributed by atoms with Crippen molar-refractivity contribution in [2.45, 2.75) is 0 Å². The molecule has 6 heteroatoms. The van der Waals surface area contributed by atoms with Gasteiger partial charge in [0.2, 0.25) is 0 Å². The van der Waals surface area contributed by atoms with Gasteiger partial charge in [-0.05, 0) is 24.3 Å². The maximum Gasteiger partial charge on any atom is 0.433 e. The molecule has 0 aromatic carbocycles. The summed E-state index contributed by atoms with van der Waals surface area (Å²) in [5, 5.41) is 16.8. The third kappa shape index (κ3) is 2.11. The Hall–Kier alpha value is -2.37. The number of hydrogen-bond donors (Lipinski definition) is 1. The third-order valence-electron chi connectivity index (χ3n) is 1.74. The van der Waals surface area contributed by atoms with Crippen molar-refractivity contribution in [2.24, 2.45) is 0 Å². The lowest BCUT2D eigenvalue weighted by atomic mass is 10.3. The highest BCUT2D eigenvalue weighted by Crippen LogP contribution is 2.17. The van der Waals surface area contributed by atoms with Gasteiger partial charge >= 0.3 is 5.88 Å². The Kier molecular flexibility index (Phi) is 2.32. The van der Waals surface area contributed by atoms with E-state index in [1.54, 1.807) is 24.4 Å². The van der Waals surface area contributed by atoms with E-state index >= 15 is 0 Å². The fraction of sp³-hybridized carbons (Fsp3) is 0. The van der Waals surface area contributed by atoms with Gasteiger partial charge in [-0.2, -0.15) is 5.10 Å². The summed E-state index contributed by atoms with van der Waals surface area (Å²) in [5.41, 5.74) is 0.800. The fourth-order valence-corrected chi connectivity index (χ4v) is 1.06. The van der Waals surface area contributed by atoms with Crippen molar-refractivity contribution in [3.8, 4) is 0 Å². The predicted octanol–water partition coefficient (Wildman–Crippen LogP) is 2.08. The second-order valence-corrected chi connectivity index (χ2v) is 2.78. The van der Waals surface area contributed by atoms with Crippen molar-refractivity contribution in [2.75, 3.05) is 0 Å². The zero-order chi connectivity index (χ0) is 10.7. The molecule has 0 atom stereocenters. The smallest absolute Gasteiger partial charge is 0.401 e. The molecule has 0 radical (unpaired) electrons. The average molecular weight is 205 g/mol. The van der Waals surface area contributed by atoms with Gasteiger partial charge in [0.25, 0.3) is 0 Å². The topological polar surface area (TPSA) is 85.0 Å². The summed E-state index contributed by atoms with van der Waals surface area (Å²) in [6, 6.07) is 4.62. The Bertz CT molecular complexity index is 484. The van der Waals surface area contributed by atoms with Crippen LogP contribution >= 0.6 is 0 Å². The lowest BCUT2D eigenvalue weighted by molar-refractivity contribution is -0.402. The van der Waals surface area contributed by atoms with Crippen molar-refractivity contribution < 1.29 is 9.34 Å². The first-order valence-electron chi connectivity index (χ1n) is 4.17. The van der Waals surface area contributed by atoms with Crippen LogP contribution in [0.5, 0.6) is 0 Å². The van der Waals surface area contributed by atoms with Crippen LogP contribution in [0, 0.1) is 10.1 Å². The minimum absolute atomic E-state index is 0.265. The van der Waals surface area contributed by atoms with Crippen molar-refractivity contribution >= 4 is 18.0 Å². The van der Waals surface area contributed by atoms with Gasteiger partial charge in [0, 0.05) is 6.20 Å². The minimum Gasteiger partial charge on any atom is -0.401 e. The first-order chi connectivity index (χ1) is 7.25. The molecule has 6 nitrogen and oxygen atoms in total. The largest absolute Gasteiger partial charge is 0.433 e. The first kappa shape index (κ1) is 9.20. The molecule has 0 aliphatic carbocycles. The van der Waals surface area contributed by atoms with Gasteiger partial charge in [0.1, 0.15) is 10.7 Å². The molecule has 15 heavy (non-hydrogen) atoms. The number of aromatic amines is 1. The standard InChI is InChI=1S/C9H7N3O3/c13-12(14)9-4-3-8(15-9)2-1-7-5-6-10-11-7/h1-6H,(H,10,11). The van der Waals surface area contributed by atoms with Crippen molar-refractivity contribution in [3.63, 3.8) is 0 Å². The maximum atomic E-state index is 10.3. The summed E-state index contributed by atoms with van der Waals surface area (Å²) in [4.78, 5) is 9.74.